The monoisotopic (exact) mass is 285 g/mol. The van der Waals surface area contributed by atoms with Crippen LogP contribution in [0.2, 0.25) is 0 Å². The number of carbonyl (C=O) groups excluding carboxylic acids is 1. The molecule has 2 aromatic rings. The number of ether oxygens (including phenoxy) is 1. The molecule has 110 valence electrons. The Morgan fingerprint density at radius 1 is 1.33 bits per heavy atom. The van der Waals surface area contributed by atoms with E-state index in [0.717, 1.165) is 11.3 Å². The fourth-order valence-corrected chi connectivity index (χ4v) is 1.93. The molecule has 0 saturated carbocycles. The number of aryl methyl sites for hydroxylation is 1. The normalized spacial score (nSPS) is 10.0. The van der Waals surface area contributed by atoms with Gasteiger partial charge >= 0.3 is 0 Å². The molecule has 2 N–H and O–H groups in total. The Morgan fingerprint density at radius 3 is 2.95 bits per heavy atom. The third kappa shape index (κ3) is 4.21. The van der Waals surface area contributed by atoms with Crippen LogP contribution in [0.5, 0.6) is 5.75 Å². The molecule has 2 rings (SSSR count). The number of carbonyl (C=O) groups is 1. The number of benzene rings is 1. The van der Waals surface area contributed by atoms with Crippen LogP contribution in [0, 0.1) is 6.92 Å². The Bertz CT molecular complexity index is 614. The predicted molar refractivity (Wildman–Crippen MR) is 82.8 cm³/mol. The van der Waals surface area contributed by atoms with Crippen LogP contribution >= 0.6 is 0 Å². The first-order valence-electron chi connectivity index (χ1n) is 6.80. The highest BCUT2D eigenvalue weighted by Crippen LogP contribution is 2.13. The molecule has 1 aromatic carbocycles. The van der Waals surface area contributed by atoms with E-state index < -0.39 is 0 Å². The molecule has 0 aliphatic rings. The lowest BCUT2D eigenvalue weighted by molar-refractivity contribution is 0.0947. The van der Waals surface area contributed by atoms with Gasteiger partial charge in [0, 0.05) is 13.2 Å². The van der Waals surface area contributed by atoms with Gasteiger partial charge in [-0.15, -0.1) is 0 Å². The number of nitrogens with zero attached hydrogens (tertiary/aromatic N) is 1. The first-order chi connectivity index (χ1) is 10.2. The van der Waals surface area contributed by atoms with E-state index in [-0.39, 0.29) is 5.91 Å². The number of hydrogen-bond acceptors (Lipinski definition) is 4. The Kier molecular flexibility index (Phi) is 5.15. The summed E-state index contributed by atoms with van der Waals surface area (Å²) in [6.07, 6.45) is 3.22. The van der Waals surface area contributed by atoms with Crippen molar-refractivity contribution in [2.45, 2.75) is 6.92 Å². The number of nitrogens with one attached hydrogen (secondary N) is 2. The molecule has 0 radical (unpaired) electrons. The zero-order chi connectivity index (χ0) is 15.1. The maximum atomic E-state index is 12.1. The summed E-state index contributed by atoms with van der Waals surface area (Å²) in [6, 6.07) is 9.50. The minimum atomic E-state index is -0.144. The minimum Gasteiger partial charge on any atom is -0.492 e. The van der Waals surface area contributed by atoms with E-state index in [2.05, 4.69) is 15.6 Å². The van der Waals surface area contributed by atoms with Gasteiger partial charge in [-0.2, -0.15) is 0 Å². The van der Waals surface area contributed by atoms with E-state index in [1.54, 1.807) is 25.5 Å². The van der Waals surface area contributed by atoms with E-state index in [1.807, 2.05) is 31.2 Å². The summed E-state index contributed by atoms with van der Waals surface area (Å²) in [5.74, 6) is 0.665. The Labute approximate surface area is 124 Å². The van der Waals surface area contributed by atoms with Crippen LogP contribution in [0.1, 0.15) is 15.9 Å². The standard InChI is InChI=1S/C16H19N3O2/c1-12-4-3-5-13(10-12)21-9-8-19-16(20)14-6-7-18-11-15(14)17-2/h3-7,10-11,17H,8-9H2,1-2H3,(H,19,20). The highest BCUT2D eigenvalue weighted by atomic mass is 16.5. The average Bonchev–Trinajstić information content (AvgIpc) is 2.51. The topological polar surface area (TPSA) is 63.2 Å². The number of amides is 1. The molecule has 21 heavy (non-hydrogen) atoms. The fraction of sp³-hybridized carbons (Fsp3) is 0.250. The van der Waals surface area contributed by atoms with Crippen molar-refractivity contribution in [1.82, 2.24) is 10.3 Å². The second kappa shape index (κ2) is 7.28. The van der Waals surface area contributed by atoms with E-state index in [0.29, 0.717) is 24.4 Å². The molecule has 0 saturated heterocycles. The van der Waals surface area contributed by atoms with Crippen molar-refractivity contribution in [3.63, 3.8) is 0 Å². The molecule has 1 heterocycles. The fourth-order valence-electron chi connectivity index (χ4n) is 1.93. The summed E-state index contributed by atoms with van der Waals surface area (Å²) in [5, 5.41) is 5.77. The van der Waals surface area contributed by atoms with Crippen molar-refractivity contribution in [2.75, 3.05) is 25.5 Å². The first-order valence-corrected chi connectivity index (χ1v) is 6.80. The lowest BCUT2D eigenvalue weighted by atomic mass is 10.2. The summed E-state index contributed by atoms with van der Waals surface area (Å²) in [5.41, 5.74) is 2.42. The van der Waals surface area contributed by atoms with Gasteiger partial charge in [0.25, 0.3) is 5.91 Å². The third-order valence-electron chi connectivity index (χ3n) is 2.98. The molecule has 0 fully saturated rings. The highest BCUT2D eigenvalue weighted by molar-refractivity contribution is 5.99. The van der Waals surface area contributed by atoms with Crippen molar-refractivity contribution in [3.05, 3.63) is 53.9 Å². The van der Waals surface area contributed by atoms with Gasteiger partial charge in [-0.05, 0) is 30.7 Å². The summed E-state index contributed by atoms with van der Waals surface area (Å²) in [6.45, 7) is 2.88. The molecular weight excluding hydrogens is 266 g/mol. The lowest BCUT2D eigenvalue weighted by Gasteiger charge is -2.10. The van der Waals surface area contributed by atoms with Crippen molar-refractivity contribution in [3.8, 4) is 5.75 Å². The molecule has 5 nitrogen and oxygen atoms in total. The third-order valence-corrected chi connectivity index (χ3v) is 2.98. The van der Waals surface area contributed by atoms with Gasteiger partial charge in [-0.25, -0.2) is 0 Å². The van der Waals surface area contributed by atoms with Gasteiger partial charge in [0.1, 0.15) is 12.4 Å². The second-order valence-electron chi connectivity index (χ2n) is 4.59. The summed E-state index contributed by atoms with van der Waals surface area (Å²) in [4.78, 5) is 16.0. The van der Waals surface area contributed by atoms with Gasteiger partial charge < -0.3 is 15.4 Å². The second-order valence-corrected chi connectivity index (χ2v) is 4.59. The van der Waals surface area contributed by atoms with Crippen LogP contribution in [-0.4, -0.2) is 31.1 Å². The Hall–Kier alpha value is -2.56. The molecule has 0 aliphatic heterocycles. The predicted octanol–water partition coefficient (Wildman–Crippen LogP) is 2.24. The summed E-state index contributed by atoms with van der Waals surface area (Å²) >= 11 is 0. The van der Waals surface area contributed by atoms with Gasteiger partial charge in [0.15, 0.2) is 0 Å². The smallest absolute Gasteiger partial charge is 0.253 e. The van der Waals surface area contributed by atoms with E-state index in [1.165, 1.54) is 0 Å². The van der Waals surface area contributed by atoms with Crippen molar-refractivity contribution in [2.24, 2.45) is 0 Å². The first kappa shape index (κ1) is 14.8. The molecule has 0 spiro atoms. The van der Waals surface area contributed by atoms with Gasteiger partial charge in [0.05, 0.1) is 24.0 Å². The number of hydrogen-bond donors (Lipinski definition) is 2. The van der Waals surface area contributed by atoms with Crippen LogP contribution in [0.3, 0.4) is 0 Å². The highest BCUT2D eigenvalue weighted by Gasteiger charge is 2.09. The molecule has 0 unspecified atom stereocenters. The Balaban J connectivity index is 1.82. The molecule has 0 aliphatic carbocycles. The quantitative estimate of drug-likeness (QED) is 0.799. The van der Waals surface area contributed by atoms with Crippen LogP contribution < -0.4 is 15.4 Å². The van der Waals surface area contributed by atoms with Crippen LogP contribution in [0.25, 0.3) is 0 Å². The van der Waals surface area contributed by atoms with Crippen molar-refractivity contribution < 1.29 is 9.53 Å². The molecular formula is C16H19N3O2. The number of anilines is 1. The zero-order valence-corrected chi connectivity index (χ0v) is 12.2. The molecule has 1 aromatic heterocycles. The summed E-state index contributed by atoms with van der Waals surface area (Å²) in [7, 11) is 1.76. The van der Waals surface area contributed by atoms with Crippen LogP contribution in [-0.2, 0) is 0 Å². The molecule has 5 heteroatoms. The number of rotatable bonds is 6. The summed E-state index contributed by atoms with van der Waals surface area (Å²) < 4.78 is 5.59. The number of pyridine rings is 1. The van der Waals surface area contributed by atoms with E-state index >= 15 is 0 Å². The van der Waals surface area contributed by atoms with Gasteiger partial charge in [-0.1, -0.05) is 12.1 Å². The van der Waals surface area contributed by atoms with Crippen LogP contribution in [0.4, 0.5) is 5.69 Å². The maximum absolute atomic E-state index is 12.1. The van der Waals surface area contributed by atoms with Gasteiger partial charge in [-0.3, -0.25) is 9.78 Å². The lowest BCUT2D eigenvalue weighted by Crippen LogP contribution is -2.28. The number of aromatic nitrogens is 1. The molecule has 0 bridgehead atoms. The average molecular weight is 285 g/mol. The maximum Gasteiger partial charge on any atom is 0.253 e. The molecule has 1 amide bonds. The van der Waals surface area contributed by atoms with Crippen molar-refractivity contribution >= 4 is 11.6 Å². The Morgan fingerprint density at radius 2 is 2.19 bits per heavy atom. The van der Waals surface area contributed by atoms with E-state index in [4.69, 9.17) is 4.74 Å². The minimum absolute atomic E-state index is 0.144. The largest absolute Gasteiger partial charge is 0.492 e. The zero-order valence-electron chi connectivity index (χ0n) is 12.2. The SMILES string of the molecule is CNc1cnccc1C(=O)NCCOc1cccc(C)c1. The van der Waals surface area contributed by atoms with Crippen LogP contribution in [0.15, 0.2) is 42.7 Å². The van der Waals surface area contributed by atoms with E-state index in [9.17, 15) is 4.79 Å². The van der Waals surface area contributed by atoms with Gasteiger partial charge in [0.2, 0.25) is 0 Å². The molecule has 0 atom stereocenters. The van der Waals surface area contributed by atoms with Crippen molar-refractivity contribution in [1.29, 1.82) is 0 Å².